The van der Waals surface area contributed by atoms with E-state index in [4.69, 9.17) is 35.9 Å². The fourth-order valence-corrected chi connectivity index (χ4v) is 2.93. The molecule has 1 aliphatic rings. The van der Waals surface area contributed by atoms with Gasteiger partial charge in [0.2, 0.25) is 12.5 Å². The van der Waals surface area contributed by atoms with Gasteiger partial charge in [-0.2, -0.15) is 0 Å². The third-order valence-electron chi connectivity index (χ3n) is 4.30. The Morgan fingerprint density at radius 2 is 1.74 bits per heavy atom. The zero-order valence-electron chi connectivity index (χ0n) is 17.3. The van der Waals surface area contributed by atoms with Crippen molar-refractivity contribution in [2.75, 3.05) is 28.1 Å². The van der Waals surface area contributed by atoms with Gasteiger partial charge in [0.1, 0.15) is 0 Å². The first kappa shape index (κ1) is 22.0. The van der Waals surface area contributed by atoms with Crippen LogP contribution in [-0.2, 0) is 11.3 Å². The van der Waals surface area contributed by atoms with Crippen molar-refractivity contribution in [2.24, 2.45) is 0 Å². The summed E-state index contributed by atoms with van der Waals surface area (Å²) in [6.07, 6.45) is 2.97. The molecule has 0 spiro atoms. The molecular weight excluding hydrogens is 422 g/mol. The van der Waals surface area contributed by atoms with Crippen molar-refractivity contribution in [1.82, 2.24) is 16.2 Å². The summed E-state index contributed by atoms with van der Waals surface area (Å²) in [6.45, 7) is 0.682. The van der Waals surface area contributed by atoms with Crippen molar-refractivity contribution < 1.29 is 28.5 Å². The smallest absolute Gasteiger partial charge is 0.262 e. The van der Waals surface area contributed by atoms with E-state index in [9.17, 15) is 4.79 Å². The number of carbonyl (C=O) groups excluding carboxylic acids is 1. The summed E-state index contributed by atoms with van der Waals surface area (Å²) in [5.41, 5.74) is 6.81. The molecule has 0 bridgehead atoms. The lowest BCUT2D eigenvalue weighted by Crippen LogP contribution is -2.45. The van der Waals surface area contributed by atoms with Crippen LogP contribution in [0.4, 0.5) is 0 Å². The summed E-state index contributed by atoms with van der Waals surface area (Å²) >= 11 is 5.18. The summed E-state index contributed by atoms with van der Waals surface area (Å²) in [5.74, 6) is 2.50. The third kappa shape index (κ3) is 5.70. The van der Waals surface area contributed by atoms with E-state index in [0.717, 1.165) is 11.3 Å². The Kier molecular flexibility index (Phi) is 7.39. The number of rotatable bonds is 7. The SMILES string of the molecule is COc1cc(/C=C/C(=O)NNC(=S)NCc2ccc3c(c2)OCO3)cc(OC)c1OC. The molecule has 0 aromatic heterocycles. The van der Waals surface area contributed by atoms with Crippen molar-refractivity contribution >= 4 is 29.3 Å². The Hall–Kier alpha value is -3.66. The van der Waals surface area contributed by atoms with E-state index in [0.29, 0.717) is 35.1 Å². The average molecular weight is 445 g/mol. The first-order valence-electron chi connectivity index (χ1n) is 9.24. The van der Waals surface area contributed by atoms with Gasteiger partial charge in [0.05, 0.1) is 21.3 Å². The molecule has 0 unspecified atom stereocenters. The molecule has 0 radical (unpaired) electrons. The molecular formula is C21H23N3O6S. The number of fused-ring (bicyclic) bond motifs is 1. The zero-order valence-corrected chi connectivity index (χ0v) is 18.1. The van der Waals surface area contributed by atoms with Gasteiger partial charge < -0.3 is 29.0 Å². The highest BCUT2D eigenvalue weighted by Crippen LogP contribution is 2.38. The number of carbonyl (C=O) groups is 1. The second-order valence-corrected chi connectivity index (χ2v) is 6.68. The fourth-order valence-electron chi connectivity index (χ4n) is 2.81. The van der Waals surface area contributed by atoms with E-state index < -0.39 is 0 Å². The number of benzene rings is 2. The van der Waals surface area contributed by atoms with Crippen molar-refractivity contribution in [3.8, 4) is 28.7 Å². The quantitative estimate of drug-likeness (QED) is 0.336. The topological polar surface area (TPSA) is 99.3 Å². The van der Waals surface area contributed by atoms with Crippen molar-refractivity contribution in [3.05, 3.63) is 47.5 Å². The minimum absolute atomic E-state index is 0.224. The van der Waals surface area contributed by atoms with Gasteiger partial charge in [-0.3, -0.25) is 15.6 Å². The Morgan fingerprint density at radius 1 is 1.03 bits per heavy atom. The van der Waals surface area contributed by atoms with Crippen LogP contribution in [0, 0.1) is 0 Å². The number of methoxy groups -OCH3 is 3. The van der Waals surface area contributed by atoms with Crippen molar-refractivity contribution in [2.45, 2.75) is 6.54 Å². The average Bonchev–Trinajstić information content (AvgIpc) is 3.27. The molecule has 0 aliphatic carbocycles. The summed E-state index contributed by atoms with van der Waals surface area (Å²) < 4.78 is 26.5. The van der Waals surface area contributed by atoms with E-state index in [1.165, 1.54) is 27.4 Å². The molecule has 0 atom stereocenters. The van der Waals surface area contributed by atoms with E-state index in [2.05, 4.69) is 16.2 Å². The maximum absolute atomic E-state index is 12.1. The number of nitrogens with one attached hydrogen (secondary N) is 3. The van der Waals surface area contributed by atoms with Gasteiger partial charge in [-0.05, 0) is 53.7 Å². The molecule has 1 heterocycles. The van der Waals surface area contributed by atoms with Crippen LogP contribution in [0.5, 0.6) is 28.7 Å². The maximum atomic E-state index is 12.1. The lowest BCUT2D eigenvalue weighted by atomic mass is 10.1. The lowest BCUT2D eigenvalue weighted by molar-refractivity contribution is -0.116. The molecule has 2 aromatic carbocycles. The molecule has 1 aliphatic heterocycles. The van der Waals surface area contributed by atoms with Crippen LogP contribution < -0.4 is 39.9 Å². The summed E-state index contributed by atoms with van der Waals surface area (Å²) in [7, 11) is 4.58. The van der Waals surface area contributed by atoms with Crippen molar-refractivity contribution in [1.29, 1.82) is 0 Å². The Balaban J connectivity index is 1.49. The van der Waals surface area contributed by atoms with Crippen LogP contribution in [0.15, 0.2) is 36.4 Å². The molecule has 3 N–H and O–H groups in total. The number of thiocarbonyl (C=S) groups is 1. The Bertz CT molecular complexity index is 970. The molecule has 0 saturated carbocycles. The van der Waals surface area contributed by atoms with Crippen LogP contribution in [0.1, 0.15) is 11.1 Å². The first-order chi connectivity index (χ1) is 15.0. The van der Waals surface area contributed by atoms with E-state index in [-0.39, 0.29) is 17.8 Å². The molecule has 1 amide bonds. The molecule has 3 rings (SSSR count). The minimum Gasteiger partial charge on any atom is -0.493 e. The number of hydrazine groups is 1. The second kappa shape index (κ2) is 10.4. The third-order valence-corrected chi connectivity index (χ3v) is 4.55. The van der Waals surface area contributed by atoms with Gasteiger partial charge in [-0.1, -0.05) is 6.07 Å². The van der Waals surface area contributed by atoms with E-state index in [1.54, 1.807) is 18.2 Å². The Morgan fingerprint density at radius 3 is 2.42 bits per heavy atom. The number of hydrogen-bond acceptors (Lipinski definition) is 7. The van der Waals surface area contributed by atoms with Crippen LogP contribution >= 0.6 is 12.2 Å². The lowest BCUT2D eigenvalue weighted by Gasteiger charge is -2.13. The largest absolute Gasteiger partial charge is 0.493 e. The van der Waals surface area contributed by atoms with Crippen LogP contribution in [0.2, 0.25) is 0 Å². The maximum Gasteiger partial charge on any atom is 0.262 e. The predicted molar refractivity (Wildman–Crippen MR) is 118 cm³/mol. The zero-order chi connectivity index (χ0) is 22.2. The highest BCUT2D eigenvalue weighted by Gasteiger charge is 2.13. The first-order valence-corrected chi connectivity index (χ1v) is 9.65. The summed E-state index contributed by atoms with van der Waals surface area (Å²) in [4.78, 5) is 12.1. The van der Waals surface area contributed by atoms with Gasteiger partial charge in [-0.15, -0.1) is 0 Å². The predicted octanol–water partition coefficient (Wildman–Crippen LogP) is 2.15. The van der Waals surface area contributed by atoms with Gasteiger partial charge in [0.25, 0.3) is 5.91 Å². The minimum atomic E-state index is -0.388. The highest BCUT2D eigenvalue weighted by molar-refractivity contribution is 7.80. The standard InChI is InChI=1S/C21H23N3O6S/c1-26-17-8-13(9-18(27-2)20(17)28-3)5-7-19(25)23-24-21(31)22-11-14-4-6-15-16(10-14)30-12-29-15/h4-10H,11-12H2,1-3H3,(H,23,25)(H2,22,24,31)/b7-5+. The molecule has 9 nitrogen and oxygen atoms in total. The molecule has 0 fully saturated rings. The summed E-state index contributed by atoms with van der Waals surface area (Å²) in [6, 6.07) is 9.08. The van der Waals surface area contributed by atoms with Crippen LogP contribution in [0.25, 0.3) is 6.08 Å². The van der Waals surface area contributed by atoms with E-state index >= 15 is 0 Å². The second-order valence-electron chi connectivity index (χ2n) is 6.28. The Labute approximate surface area is 185 Å². The monoisotopic (exact) mass is 445 g/mol. The van der Waals surface area contributed by atoms with Gasteiger partial charge in [-0.25, -0.2) is 0 Å². The molecule has 0 saturated heterocycles. The highest BCUT2D eigenvalue weighted by atomic mass is 32.1. The van der Waals surface area contributed by atoms with Crippen LogP contribution in [0.3, 0.4) is 0 Å². The van der Waals surface area contributed by atoms with Gasteiger partial charge in [0, 0.05) is 12.6 Å². The normalized spacial score (nSPS) is 11.7. The number of ether oxygens (including phenoxy) is 5. The van der Waals surface area contributed by atoms with Gasteiger partial charge in [0.15, 0.2) is 28.1 Å². The molecule has 10 heteroatoms. The van der Waals surface area contributed by atoms with Crippen LogP contribution in [-0.4, -0.2) is 39.1 Å². The molecule has 2 aromatic rings. The van der Waals surface area contributed by atoms with E-state index in [1.807, 2.05) is 18.2 Å². The summed E-state index contributed by atoms with van der Waals surface area (Å²) in [5, 5.41) is 3.27. The van der Waals surface area contributed by atoms with Gasteiger partial charge >= 0.3 is 0 Å². The fraction of sp³-hybridized carbons (Fsp3) is 0.238. The van der Waals surface area contributed by atoms with Crippen molar-refractivity contribution in [3.63, 3.8) is 0 Å². The molecule has 31 heavy (non-hydrogen) atoms. The molecule has 164 valence electrons. The number of hydrogen-bond donors (Lipinski definition) is 3. The number of amides is 1.